The van der Waals surface area contributed by atoms with Crippen LogP contribution in [-0.4, -0.2) is 47.3 Å². The number of thiazole rings is 1. The summed E-state index contributed by atoms with van der Waals surface area (Å²) >= 11 is 6.64. The van der Waals surface area contributed by atoms with Gasteiger partial charge in [0, 0.05) is 24.8 Å². The first kappa shape index (κ1) is 22.1. The molecule has 2 aromatic rings. The molecule has 11 heteroatoms. The predicted molar refractivity (Wildman–Crippen MR) is 106 cm³/mol. The van der Waals surface area contributed by atoms with Gasteiger partial charge in [-0.2, -0.15) is 0 Å². The van der Waals surface area contributed by atoms with Crippen LogP contribution in [0.25, 0.3) is 0 Å². The highest BCUT2D eigenvalue weighted by molar-refractivity contribution is 7.94. The van der Waals surface area contributed by atoms with E-state index in [1.165, 1.54) is 31.2 Å². The van der Waals surface area contributed by atoms with Crippen LogP contribution in [0.1, 0.15) is 20.3 Å². The van der Waals surface area contributed by atoms with E-state index in [9.17, 15) is 16.8 Å². The third kappa shape index (κ3) is 5.41. The van der Waals surface area contributed by atoms with Gasteiger partial charge >= 0.3 is 0 Å². The number of rotatable bonds is 10. The van der Waals surface area contributed by atoms with Crippen LogP contribution < -0.4 is 5.32 Å². The van der Waals surface area contributed by atoms with Crippen LogP contribution in [0, 0.1) is 0 Å². The maximum absolute atomic E-state index is 13.0. The average Bonchev–Trinajstić information content (AvgIpc) is 3.08. The second-order valence-corrected chi connectivity index (χ2v) is 11.2. The summed E-state index contributed by atoms with van der Waals surface area (Å²) in [5.74, 6) is -0.162. The van der Waals surface area contributed by atoms with E-state index >= 15 is 0 Å². The fourth-order valence-corrected chi connectivity index (χ4v) is 6.23. The number of halogens is 1. The highest BCUT2D eigenvalue weighted by Crippen LogP contribution is 2.35. The van der Waals surface area contributed by atoms with E-state index in [-0.39, 0.29) is 25.0 Å². The Hall–Kier alpha value is -1.20. The van der Waals surface area contributed by atoms with Gasteiger partial charge < -0.3 is 10.1 Å². The maximum atomic E-state index is 13.0. The van der Waals surface area contributed by atoms with Crippen molar-refractivity contribution in [1.29, 1.82) is 0 Å². The maximum Gasteiger partial charge on any atom is 0.226 e. The van der Waals surface area contributed by atoms with Crippen molar-refractivity contribution in [2.24, 2.45) is 0 Å². The Morgan fingerprint density at radius 2 is 1.81 bits per heavy atom. The summed E-state index contributed by atoms with van der Waals surface area (Å²) in [6, 6.07) is 5.65. The van der Waals surface area contributed by atoms with E-state index in [2.05, 4.69) is 10.3 Å². The Labute approximate surface area is 168 Å². The van der Waals surface area contributed by atoms with Crippen LogP contribution >= 0.6 is 22.9 Å². The SMILES string of the molecule is CCOCCCNc1sc(S(=O)(=O)CC)nc1S(=O)(=O)c1ccc(Cl)cc1. The molecule has 0 amide bonds. The Morgan fingerprint density at radius 3 is 2.41 bits per heavy atom. The van der Waals surface area contributed by atoms with Gasteiger partial charge in [0.1, 0.15) is 5.00 Å². The number of anilines is 1. The molecule has 1 aromatic heterocycles. The van der Waals surface area contributed by atoms with Crippen molar-refractivity contribution in [3.8, 4) is 0 Å². The zero-order chi connectivity index (χ0) is 20.1. The smallest absolute Gasteiger partial charge is 0.226 e. The summed E-state index contributed by atoms with van der Waals surface area (Å²) < 4.78 is 55.3. The van der Waals surface area contributed by atoms with E-state index < -0.39 is 19.7 Å². The van der Waals surface area contributed by atoms with E-state index in [1.54, 1.807) is 0 Å². The van der Waals surface area contributed by atoms with Crippen molar-refractivity contribution in [3.05, 3.63) is 29.3 Å². The van der Waals surface area contributed by atoms with Gasteiger partial charge in [-0.25, -0.2) is 21.8 Å². The summed E-state index contributed by atoms with van der Waals surface area (Å²) in [7, 11) is -7.63. The topological polar surface area (TPSA) is 102 Å². The summed E-state index contributed by atoms with van der Waals surface area (Å²) in [4.78, 5) is 3.95. The molecule has 2 rings (SSSR count). The van der Waals surface area contributed by atoms with Crippen molar-refractivity contribution >= 4 is 47.6 Å². The van der Waals surface area contributed by atoms with Crippen LogP contribution in [0.5, 0.6) is 0 Å². The molecule has 1 aromatic carbocycles. The van der Waals surface area contributed by atoms with E-state index in [0.717, 1.165) is 11.3 Å². The standard InChI is InChI=1S/C16H21ClN2O5S3/c1-3-24-11-5-10-18-14-15(19-16(25-14)26(20,21)4-2)27(22,23)13-8-6-12(17)7-9-13/h6-9,18H,3-5,10-11H2,1-2H3. The van der Waals surface area contributed by atoms with Crippen LogP contribution in [0.4, 0.5) is 5.00 Å². The van der Waals surface area contributed by atoms with Gasteiger partial charge in [0.2, 0.25) is 24.0 Å². The molecule has 0 fully saturated rings. The summed E-state index contributed by atoms with van der Waals surface area (Å²) in [6.45, 7) is 4.91. The number of hydrogen-bond donors (Lipinski definition) is 1. The van der Waals surface area contributed by atoms with Gasteiger partial charge in [-0.1, -0.05) is 29.9 Å². The fourth-order valence-electron chi connectivity index (χ4n) is 2.08. The molecule has 0 aliphatic carbocycles. The molecule has 1 N–H and O–H groups in total. The third-order valence-electron chi connectivity index (χ3n) is 3.56. The minimum Gasteiger partial charge on any atom is -0.382 e. The largest absolute Gasteiger partial charge is 0.382 e. The van der Waals surface area contributed by atoms with Gasteiger partial charge in [0.15, 0.2) is 5.03 Å². The van der Waals surface area contributed by atoms with Gasteiger partial charge in [-0.05, 0) is 37.6 Å². The molecule has 0 radical (unpaired) electrons. The van der Waals surface area contributed by atoms with Gasteiger partial charge in [-0.15, -0.1) is 0 Å². The molecule has 0 spiro atoms. The van der Waals surface area contributed by atoms with Gasteiger partial charge in [0.25, 0.3) is 0 Å². The fraction of sp³-hybridized carbons (Fsp3) is 0.438. The van der Waals surface area contributed by atoms with Crippen molar-refractivity contribution in [2.75, 3.05) is 30.8 Å². The minimum absolute atomic E-state index is 0.00462. The van der Waals surface area contributed by atoms with E-state index in [1.807, 2.05) is 6.92 Å². The highest BCUT2D eigenvalue weighted by atomic mass is 35.5. The van der Waals surface area contributed by atoms with E-state index in [0.29, 0.717) is 31.2 Å². The molecule has 1 heterocycles. The summed E-state index contributed by atoms with van der Waals surface area (Å²) in [5.41, 5.74) is 0. The first-order valence-electron chi connectivity index (χ1n) is 8.28. The van der Waals surface area contributed by atoms with Crippen LogP contribution in [0.15, 0.2) is 38.5 Å². The number of nitrogens with zero attached hydrogens (tertiary/aromatic N) is 1. The lowest BCUT2D eigenvalue weighted by Crippen LogP contribution is -2.10. The number of ether oxygens (including phenoxy) is 1. The van der Waals surface area contributed by atoms with Crippen molar-refractivity contribution in [2.45, 2.75) is 34.5 Å². The second kappa shape index (κ2) is 9.33. The number of nitrogens with one attached hydrogen (secondary N) is 1. The van der Waals surface area contributed by atoms with Crippen LogP contribution in [-0.2, 0) is 24.4 Å². The average molecular weight is 453 g/mol. The molecule has 0 aliphatic rings. The highest BCUT2D eigenvalue weighted by Gasteiger charge is 2.29. The third-order valence-corrected chi connectivity index (χ3v) is 8.84. The number of hydrogen-bond acceptors (Lipinski definition) is 8. The molecule has 0 aliphatic heterocycles. The normalized spacial score (nSPS) is 12.3. The van der Waals surface area contributed by atoms with Crippen molar-refractivity contribution in [3.63, 3.8) is 0 Å². The molecule has 0 saturated heterocycles. The van der Waals surface area contributed by atoms with E-state index in [4.69, 9.17) is 16.3 Å². The molecule has 0 saturated carbocycles. The van der Waals surface area contributed by atoms with Crippen molar-refractivity contribution < 1.29 is 21.6 Å². The van der Waals surface area contributed by atoms with Crippen LogP contribution in [0.3, 0.4) is 0 Å². The quantitative estimate of drug-likeness (QED) is 0.552. The number of benzene rings is 1. The van der Waals surface area contributed by atoms with Gasteiger partial charge in [-0.3, -0.25) is 0 Å². The Kier molecular flexibility index (Phi) is 7.64. The molecule has 0 bridgehead atoms. The monoisotopic (exact) mass is 452 g/mol. The summed E-state index contributed by atoms with van der Waals surface area (Å²) in [5, 5.41) is 3.29. The number of aromatic nitrogens is 1. The lowest BCUT2D eigenvalue weighted by Gasteiger charge is -2.07. The molecular weight excluding hydrogens is 432 g/mol. The van der Waals surface area contributed by atoms with Gasteiger partial charge in [0.05, 0.1) is 10.6 Å². The molecule has 7 nitrogen and oxygen atoms in total. The second-order valence-electron chi connectivity index (χ2n) is 5.45. The van der Waals surface area contributed by atoms with Crippen molar-refractivity contribution in [1.82, 2.24) is 4.98 Å². The number of sulfone groups is 2. The molecule has 27 heavy (non-hydrogen) atoms. The summed E-state index contributed by atoms with van der Waals surface area (Å²) in [6.07, 6.45) is 0.641. The Bertz CT molecular complexity index is 970. The first-order chi connectivity index (χ1) is 12.7. The Balaban J connectivity index is 2.41. The minimum atomic E-state index is -4.00. The Morgan fingerprint density at radius 1 is 1.15 bits per heavy atom. The lowest BCUT2D eigenvalue weighted by molar-refractivity contribution is 0.147. The molecule has 0 atom stereocenters. The van der Waals surface area contributed by atoms with Crippen LogP contribution in [0.2, 0.25) is 5.02 Å². The molecular formula is C16H21ClN2O5S3. The lowest BCUT2D eigenvalue weighted by atomic mass is 10.4. The zero-order valence-electron chi connectivity index (χ0n) is 14.9. The predicted octanol–water partition coefficient (Wildman–Crippen LogP) is 3.26. The first-order valence-corrected chi connectivity index (χ1v) is 12.6. The molecule has 150 valence electrons. The molecule has 0 unspecified atom stereocenters. The zero-order valence-corrected chi connectivity index (χ0v) is 18.1.